The minimum absolute atomic E-state index is 0.192. The second-order valence-corrected chi connectivity index (χ2v) is 7.75. The SMILES string of the molecule is CCC(C)(C)C1CCc2nc3ccccc3c(C(=O)OCC(N)=O)c2C1. The Kier molecular flexibility index (Phi) is 4.99. The molecule has 1 aromatic carbocycles. The molecular formula is C21H26N2O3. The van der Waals surface area contributed by atoms with Crippen LogP contribution in [0.2, 0.25) is 0 Å². The maximum absolute atomic E-state index is 12.8. The van der Waals surface area contributed by atoms with Crippen LogP contribution in [-0.2, 0) is 22.4 Å². The van der Waals surface area contributed by atoms with E-state index in [9.17, 15) is 9.59 Å². The highest BCUT2D eigenvalue weighted by molar-refractivity contribution is 6.05. The van der Waals surface area contributed by atoms with Gasteiger partial charge in [-0.1, -0.05) is 45.4 Å². The summed E-state index contributed by atoms with van der Waals surface area (Å²) in [6.07, 6.45) is 3.80. The van der Waals surface area contributed by atoms with Gasteiger partial charge in [-0.05, 0) is 42.2 Å². The first kappa shape index (κ1) is 18.4. The summed E-state index contributed by atoms with van der Waals surface area (Å²) in [5.41, 5.74) is 8.60. The number of primary amides is 1. The molecule has 1 atom stereocenters. The summed E-state index contributed by atoms with van der Waals surface area (Å²) in [6.45, 7) is 6.36. The smallest absolute Gasteiger partial charge is 0.339 e. The third-order valence-electron chi connectivity index (χ3n) is 5.83. The fourth-order valence-corrected chi connectivity index (χ4v) is 3.79. The number of nitrogens with zero attached hydrogens (tertiary/aromatic N) is 1. The first-order valence-corrected chi connectivity index (χ1v) is 9.19. The number of nitrogens with two attached hydrogens (primary N) is 1. The Hall–Kier alpha value is -2.43. The zero-order valence-corrected chi connectivity index (χ0v) is 15.7. The van der Waals surface area contributed by atoms with Crippen LogP contribution in [0, 0.1) is 11.3 Å². The lowest BCUT2D eigenvalue weighted by Gasteiger charge is -2.37. The van der Waals surface area contributed by atoms with Crippen LogP contribution < -0.4 is 5.73 Å². The van der Waals surface area contributed by atoms with Crippen molar-refractivity contribution in [3.63, 3.8) is 0 Å². The van der Waals surface area contributed by atoms with E-state index in [0.29, 0.717) is 11.5 Å². The van der Waals surface area contributed by atoms with Crippen LogP contribution in [0.5, 0.6) is 0 Å². The molecule has 1 heterocycles. The average Bonchev–Trinajstić information content (AvgIpc) is 2.63. The molecule has 1 aliphatic rings. The normalized spacial score (nSPS) is 17.0. The number of carbonyl (C=O) groups is 2. The van der Waals surface area contributed by atoms with Crippen molar-refractivity contribution in [2.24, 2.45) is 17.1 Å². The third kappa shape index (κ3) is 3.43. The number of aryl methyl sites for hydroxylation is 1. The molecule has 0 spiro atoms. The molecule has 5 heteroatoms. The van der Waals surface area contributed by atoms with E-state index in [2.05, 4.69) is 20.8 Å². The van der Waals surface area contributed by atoms with E-state index < -0.39 is 18.5 Å². The molecule has 0 saturated heterocycles. The first-order valence-electron chi connectivity index (χ1n) is 9.19. The van der Waals surface area contributed by atoms with E-state index >= 15 is 0 Å². The van der Waals surface area contributed by atoms with Crippen molar-refractivity contribution >= 4 is 22.8 Å². The van der Waals surface area contributed by atoms with Gasteiger partial charge in [-0.3, -0.25) is 9.78 Å². The molecule has 1 amide bonds. The highest BCUT2D eigenvalue weighted by Gasteiger charge is 2.34. The predicted octanol–water partition coefficient (Wildman–Crippen LogP) is 3.42. The Balaban J connectivity index is 2.10. The molecular weight excluding hydrogens is 328 g/mol. The summed E-state index contributed by atoms with van der Waals surface area (Å²) in [4.78, 5) is 28.6. The quantitative estimate of drug-likeness (QED) is 0.834. The molecule has 0 fully saturated rings. The third-order valence-corrected chi connectivity index (χ3v) is 5.83. The maximum atomic E-state index is 12.8. The maximum Gasteiger partial charge on any atom is 0.339 e. The summed E-state index contributed by atoms with van der Waals surface area (Å²) in [5, 5.41) is 0.774. The van der Waals surface area contributed by atoms with Crippen molar-refractivity contribution in [2.75, 3.05) is 6.61 Å². The molecule has 3 rings (SSSR count). The van der Waals surface area contributed by atoms with E-state index in [-0.39, 0.29) is 5.41 Å². The van der Waals surface area contributed by atoms with Crippen LogP contribution in [-0.4, -0.2) is 23.5 Å². The molecule has 2 N–H and O–H groups in total. The van der Waals surface area contributed by atoms with Gasteiger partial charge in [0.15, 0.2) is 6.61 Å². The second kappa shape index (κ2) is 7.06. The molecule has 0 aliphatic heterocycles. The van der Waals surface area contributed by atoms with Crippen molar-refractivity contribution < 1.29 is 14.3 Å². The largest absolute Gasteiger partial charge is 0.452 e. The summed E-state index contributed by atoms with van der Waals surface area (Å²) in [5.74, 6) is -0.671. The van der Waals surface area contributed by atoms with Gasteiger partial charge in [-0.2, -0.15) is 0 Å². The lowest BCUT2D eigenvalue weighted by atomic mass is 9.68. The van der Waals surface area contributed by atoms with Gasteiger partial charge >= 0.3 is 5.97 Å². The molecule has 5 nitrogen and oxygen atoms in total. The minimum Gasteiger partial charge on any atom is -0.452 e. The lowest BCUT2D eigenvalue weighted by molar-refractivity contribution is -0.121. The van der Waals surface area contributed by atoms with Crippen molar-refractivity contribution in [3.8, 4) is 0 Å². The molecule has 0 saturated carbocycles. The minimum atomic E-state index is -0.657. The molecule has 1 unspecified atom stereocenters. The van der Waals surface area contributed by atoms with Gasteiger partial charge in [0.2, 0.25) is 0 Å². The van der Waals surface area contributed by atoms with Crippen LogP contribution >= 0.6 is 0 Å². The Morgan fingerprint density at radius 2 is 2.04 bits per heavy atom. The zero-order valence-electron chi connectivity index (χ0n) is 15.7. The Morgan fingerprint density at radius 3 is 2.73 bits per heavy atom. The van der Waals surface area contributed by atoms with E-state index in [4.69, 9.17) is 15.5 Å². The number of hydrogen-bond acceptors (Lipinski definition) is 4. The van der Waals surface area contributed by atoms with Gasteiger partial charge in [0, 0.05) is 11.1 Å². The van der Waals surface area contributed by atoms with Crippen LogP contribution in [0.4, 0.5) is 0 Å². The van der Waals surface area contributed by atoms with Crippen molar-refractivity contribution in [1.82, 2.24) is 4.98 Å². The topological polar surface area (TPSA) is 82.3 Å². The number of amides is 1. The van der Waals surface area contributed by atoms with Crippen LogP contribution in [0.3, 0.4) is 0 Å². The number of fused-ring (bicyclic) bond motifs is 2. The van der Waals surface area contributed by atoms with Gasteiger partial charge in [-0.25, -0.2) is 4.79 Å². The van der Waals surface area contributed by atoms with E-state index in [1.807, 2.05) is 24.3 Å². The molecule has 0 bridgehead atoms. The number of rotatable bonds is 5. The summed E-state index contributed by atoms with van der Waals surface area (Å²) in [7, 11) is 0. The van der Waals surface area contributed by atoms with Gasteiger partial charge in [0.05, 0.1) is 11.1 Å². The number of ether oxygens (including phenoxy) is 1. The average molecular weight is 354 g/mol. The molecule has 0 radical (unpaired) electrons. The molecule has 26 heavy (non-hydrogen) atoms. The molecule has 1 aliphatic carbocycles. The van der Waals surface area contributed by atoms with Gasteiger partial charge in [0.1, 0.15) is 0 Å². The highest BCUT2D eigenvalue weighted by Crippen LogP contribution is 2.41. The van der Waals surface area contributed by atoms with Gasteiger partial charge < -0.3 is 10.5 Å². The standard InChI is InChI=1S/C21H26N2O3/c1-4-21(2,3)13-9-10-17-15(11-13)19(20(25)26-12-18(22)24)14-7-5-6-8-16(14)23-17/h5-8,13H,4,9-12H2,1-3H3,(H2,22,24). The van der Waals surface area contributed by atoms with Gasteiger partial charge in [-0.15, -0.1) is 0 Å². The fraction of sp³-hybridized carbons (Fsp3) is 0.476. The number of para-hydroxylation sites is 1. The van der Waals surface area contributed by atoms with E-state index in [0.717, 1.165) is 47.8 Å². The summed E-state index contributed by atoms with van der Waals surface area (Å²) >= 11 is 0. The molecule has 138 valence electrons. The fourth-order valence-electron chi connectivity index (χ4n) is 3.79. The summed E-state index contributed by atoms with van der Waals surface area (Å²) in [6, 6.07) is 7.59. The zero-order chi connectivity index (χ0) is 18.9. The van der Waals surface area contributed by atoms with Crippen molar-refractivity contribution in [2.45, 2.75) is 46.5 Å². The first-order chi connectivity index (χ1) is 12.3. The number of hydrogen-bond donors (Lipinski definition) is 1. The number of esters is 1. The van der Waals surface area contributed by atoms with E-state index in [1.165, 1.54) is 0 Å². The number of carbonyl (C=O) groups excluding carboxylic acids is 2. The highest BCUT2D eigenvalue weighted by atomic mass is 16.5. The number of aromatic nitrogens is 1. The van der Waals surface area contributed by atoms with Crippen LogP contribution in [0.1, 0.15) is 55.2 Å². The lowest BCUT2D eigenvalue weighted by Crippen LogP contribution is -2.31. The Labute approximate surface area is 153 Å². The Bertz CT molecular complexity index is 858. The number of benzene rings is 1. The molecule has 2 aromatic rings. The monoisotopic (exact) mass is 354 g/mol. The second-order valence-electron chi connectivity index (χ2n) is 7.75. The van der Waals surface area contributed by atoms with Crippen molar-refractivity contribution in [1.29, 1.82) is 0 Å². The van der Waals surface area contributed by atoms with E-state index in [1.54, 1.807) is 0 Å². The van der Waals surface area contributed by atoms with Gasteiger partial charge in [0.25, 0.3) is 5.91 Å². The van der Waals surface area contributed by atoms with Crippen molar-refractivity contribution in [3.05, 3.63) is 41.1 Å². The predicted molar refractivity (Wildman–Crippen MR) is 101 cm³/mol. The van der Waals surface area contributed by atoms with Crippen LogP contribution in [0.25, 0.3) is 10.9 Å². The molecule has 1 aromatic heterocycles. The van der Waals surface area contributed by atoms with Crippen LogP contribution in [0.15, 0.2) is 24.3 Å². The Morgan fingerprint density at radius 1 is 1.31 bits per heavy atom. The number of pyridine rings is 1. The summed E-state index contributed by atoms with van der Waals surface area (Å²) < 4.78 is 5.17.